The second-order valence-electron chi connectivity index (χ2n) is 4.14. The number of rotatable bonds is 5. The zero-order valence-electron chi connectivity index (χ0n) is 10.3. The number of nitrogens with one attached hydrogen (secondary N) is 1. The Labute approximate surface area is 120 Å². The van der Waals surface area contributed by atoms with Gasteiger partial charge in [0, 0.05) is 29.3 Å². The normalized spacial score (nSPS) is 10.4. The van der Waals surface area contributed by atoms with Gasteiger partial charge in [-0.25, -0.2) is 0 Å². The minimum absolute atomic E-state index is 0.406. The van der Waals surface area contributed by atoms with Gasteiger partial charge in [-0.05, 0) is 45.8 Å². The van der Waals surface area contributed by atoms with Crippen LogP contribution in [-0.2, 0) is 13.1 Å². The summed E-state index contributed by atoms with van der Waals surface area (Å²) in [6, 6.07) is 11.2. The van der Waals surface area contributed by atoms with Gasteiger partial charge < -0.3 is 11.1 Å². The molecule has 0 aliphatic heterocycles. The first kappa shape index (κ1) is 13.7. The molecule has 0 aliphatic rings. The lowest BCUT2D eigenvalue weighted by Gasteiger charge is -2.06. The van der Waals surface area contributed by atoms with E-state index in [4.69, 9.17) is 5.73 Å². The summed E-state index contributed by atoms with van der Waals surface area (Å²) < 4.78 is 0.963. The maximum absolute atomic E-state index is 11.1. The molecule has 0 atom stereocenters. The van der Waals surface area contributed by atoms with Gasteiger partial charge >= 0.3 is 0 Å². The van der Waals surface area contributed by atoms with Crippen LogP contribution in [0.3, 0.4) is 0 Å². The van der Waals surface area contributed by atoms with Crippen molar-refractivity contribution in [3.05, 3.63) is 63.9 Å². The van der Waals surface area contributed by atoms with Crippen molar-refractivity contribution in [3.63, 3.8) is 0 Å². The van der Waals surface area contributed by atoms with Crippen molar-refractivity contribution in [1.29, 1.82) is 0 Å². The molecule has 2 aromatic rings. The number of amides is 1. The summed E-state index contributed by atoms with van der Waals surface area (Å²) in [5, 5.41) is 3.27. The molecule has 0 spiro atoms. The molecule has 0 fully saturated rings. The van der Waals surface area contributed by atoms with E-state index in [1.807, 2.05) is 24.3 Å². The summed E-state index contributed by atoms with van der Waals surface area (Å²) in [6.45, 7) is 1.34. The average molecular weight is 320 g/mol. The Morgan fingerprint density at radius 2 is 2.11 bits per heavy atom. The summed E-state index contributed by atoms with van der Waals surface area (Å²) in [5.74, 6) is -0.406. The van der Waals surface area contributed by atoms with Crippen LogP contribution in [0.15, 0.2) is 47.1 Å². The Kier molecular flexibility index (Phi) is 4.65. The molecule has 0 unspecified atom stereocenters. The SMILES string of the molecule is NC(=O)c1cccc(CNCc2ccc(Br)cn2)c1. The monoisotopic (exact) mass is 319 g/mol. The Balaban J connectivity index is 1.90. The molecule has 1 amide bonds. The number of nitrogens with two attached hydrogens (primary N) is 1. The lowest BCUT2D eigenvalue weighted by atomic mass is 10.1. The molecular weight excluding hydrogens is 306 g/mol. The van der Waals surface area contributed by atoms with E-state index in [1.165, 1.54) is 0 Å². The highest BCUT2D eigenvalue weighted by Gasteiger charge is 2.01. The molecule has 0 saturated carbocycles. The van der Waals surface area contributed by atoms with Gasteiger partial charge in [-0.3, -0.25) is 9.78 Å². The highest BCUT2D eigenvalue weighted by Crippen LogP contribution is 2.08. The molecule has 0 bridgehead atoms. The third-order valence-electron chi connectivity index (χ3n) is 2.64. The summed E-state index contributed by atoms with van der Waals surface area (Å²) in [6.07, 6.45) is 1.77. The third-order valence-corrected chi connectivity index (χ3v) is 3.10. The molecule has 0 aliphatic carbocycles. The zero-order chi connectivity index (χ0) is 13.7. The number of carbonyl (C=O) groups is 1. The van der Waals surface area contributed by atoms with Crippen LogP contribution in [0.5, 0.6) is 0 Å². The topological polar surface area (TPSA) is 68.0 Å². The number of hydrogen-bond donors (Lipinski definition) is 2. The van der Waals surface area contributed by atoms with Gasteiger partial charge in [-0.1, -0.05) is 12.1 Å². The van der Waals surface area contributed by atoms with Gasteiger partial charge in [-0.2, -0.15) is 0 Å². The van der Waals surface area contributed by atoms with Crippen molar-refractivity contribution in [2.24, 2.45) is 5.73 Å². The molecule has 5 heteroatoms. The van der Waals surface area contributed by atoms with E-state index in [1.54, 1.807) is 18.3 Å². The van der Waals surface area contributed by atoms with E-state index < -0.39 is 5.91 Å². The molecule has 19 heavy (non-hydrogen) atoms. The summed E-state index contributed by atoms with van der Waals surface area (Å²) in [7, 11) is 0. The highest BCUT2D eigenvalue weighted by atomic mass is 79.9. The minimum Gasteiger partial charge on any atom is -0.366 e. The number of primary amides is 1. The Hall–Kier alpha value is -1.72. The van der Waals surface area contributed by atoms with Crippen molar-refractivity contribution in [3.8, 4) is 0 Å². The van der Waals surface area contributed by atoms with Gasteiger partial charge in [0.25, 0.3) is 0 Å². The third kappa shape index (κ3) is 4.15. The van der Waals surface area contributed by atoms with Crippen LogP contribution in [0.1, 0.15) is 21.6 Å². The lowest BCUT2D eigenvalue weighted by Crippen LogP contribution is -2.15. The molecular formula is C14H14BrN3O. The van der Waals surface area contributed by atoms with E-state index in [0.29, 0.717) is 18.7 Å². The molecule has 1 aromatic heterocycles. The number of pyridine rings is 1. The molecule has 1 aromatic carbocycles. The van der Waals surface area contributed by atoms with Gasteiger partial charge in [0.1, 0.15) is 0 Å². The van der Waals surface area contributed by atoms with E-state index >= 15 is 0 Å². The number of carbonyl (C=O) groups excluding carboxylic acids is 1. The fourth-order valence-electron chi connectivity index (χ4n) is 1.68. The molecule has 98 valence electrons. The first-order valence-corrected chi connectivity index (χ1v) is 6.64. The van der Waals surface area contributed by atoms with Crippen molar-refractivity contribution in [1.82, 2.24) is 10.3 Å². The number of halogens is 1. The van der Waals surface area contributed by atoms with Gasteiger partial charge in [0.2, 0.25) is 5.91 Å². The van der Waals surface area contributed by atoms with Gasteiger partial charge in [0.15, 0.2) is 0 Å². The number of aromatic nitrogens is 1. The standard InChI is InChI=1S/C14H14BrN3O/c15-12-4-5-13(18-8-12)9-17-7-10-2-1-3-11(6-10)14(16)19/h1-6,8,17H,7,9H2,(H2,16,19). The number of benzene rings is 1. The van der Waals surface area contributed by atoms with Crippen LogP contribution in [0.2, 0.25) is 0 Å². The summed E-state index contributed by atoms with van der Waals surface area (Å²) in [4.78, 5) is 15.3. The van der Waals surface area contributed by atoms with Crippen LogP contribution < -0.4 is 11.1 Å². The molecule has 0 saturated heterocycles. The zero-order valence-corrected chi connectivity index (χ0v) is 11.9. The van der Waals surface area contributed by atoms with Gasteiger partial charge in [0.05, 0.1) is 5.69 Å². The van der Waals surface area contributed by atoms with Crippen molar-refractivity contribution >= 4 is 21.8 Å². The van der Waals surface area contributed by atoms with Crippen LogP contribution in [0.25, 0.3) is 0 Å². The predicted molar refractivity (Wildman–Crippen MR) is 77.4 cm³/mol. The van der Waals surface area contributed by atoms with Crippen molar-refractivity contribution in [2.75, 3.05) is 0 Å². The van der Waals surface area contributed by atoms with Crippen LogP contribution in [-0.4, -0.2) is 10.9 Å². The second-order valence-corrected chi connectivity index (χ2v) is 5.05. The second kappa shape index (κ2) is 6.45. The first-order valence-electron chi connectivity index (χ1n) is 5.85. The Morgan fingerprint density at radius 3 is 2.79 bits per heavy atom. The Bertz CT molecular complexity index is 569. The number of hydrogen-bond acceptors (Lipinski definition) is 3. The summed E-state index contributed by atoms with van der Waals surface area (Å²) in [5.41, 5.74) is 7.76. The predicted octanol–water partition coefficient (Wildman–Crippen LogP) is 2.23. The van der Waals surface area contributed by atoms with Crippen LogP contribution in [0, 0.1) is 0 Å². The smallest absolute Gasteiger partial charge is 0.248 e. The molecule has 3 N–H and O–H groups in total. The fraction of sp³-hybridized carbons (Fsp3) is 0.143. The molecule has 0 radical (unpaired) electrons. The Morgan fingerprint density at radius 1 is 1.26 bits per heavy atom. The molecule has 1 heterocycles. The van der Waals surface area contributed by atoms with E-state index in [0.717, 1.165) is 15.7 Å². The summed E-state index contributed by atoms with van der Waals surface area (Å²) >= 11 is 3.35. The van der Waals surface area contributed by atoms with Crippen molar-refractivity contribution < 1.29 is 4.79 Å². The van der Waals surface area contributed by atoms with Gasteiger partial charge in [-0.15, -0.1) is 0 Å². The largest absolute Gasteiger partial charge is 0.366 e. The van der Waals surface area contributed by atoms with Crippen LogP contribution >= 0.6 is 15.9 Å². The quantitative estimate of drug-likeness (QED) is 0.888. The molecule has 4 nitrogen and oxygen atoms in total. The first-order chi connectivity index (χ1) is 9.15. The van der Waals surface area contributed by atoms with Crippen LogP contribution in [0.4, 0.5) is 0 Å². The van der Waals surface area contributed by atoms with Crippen molar-refractivity contribution in [2.45, 2.75) is 13.1 Å². The highest BCUT2D eigenvalue weighted by molar-refractivity contribution is 9.10. The maximum Gasteiger partial charge on any atom is 0.248 e. The van der Waals surface area contributed by atoms with E-state index in [2.05, 4.69) is 26.2 Å². The lowest BCUT2D eigenvalue weighted by molar-refractivity contribution is 0.1000. The van der Waals surface area contributed by atoms with E-state index in [-0.39, 0.29) is 0 Å². The fourth-order valence-corrected chi connectivity index (χ4v) is 1.92. The minimum atomic E-state index is -0.406. The average Bonchev–Trinajstić information content (AvgIpc) is 2.41. The molecule has 2 rings (SSSR count). The maximum atomic E-state index is 11.1. The number of nitrogens with zero attached hydrogens (tertiary/aromatic N) is 1. The van der Waals surface area contributed by atoms with E-state index in [9.17, 15) is 4.79 Å².